The summed E-state index contributed by atoms with van der Waals surface area (Å²) in [5, 5.41) is 0.399. The van der Waals surface area contributed by atoms with E-state index in [0.29, 0.717) is 21.8 Å². The highest BCUT2D eigenvalue weighted by atomic mass is 79.9. The molecule has 2 rings (SSSR count). The van der Waals surface area contributed by atoms with E-state index >= 15 is 0 Å². The van der Waals surface area contributed by atoms with E-state index < -0.39 is 0 Å². The summed E-state index contributed by atoms with van der Waals surface area (Å²) >= 11 is 9.30. The summed E-state index contributed by atoms with van der Waals surface area (Å²) in [6, 6.07) is 10.5. The molecule has 2 aromatic rings. The lowest BCUT2D eigenvalue weighted by Crippen LogP contribution is -2.04. The fourth-order valence-corrected chi connectivity index (χ4v) is 2.36. The Balaban J connectivity index is 2.44. The Morgan fingerprint density at radius 1 is 1.22 bits per heavy atom. The van der Waals surface area contributed by atoms with Gasteiger partial charge in [0.05, 0.1) is 10.7 Å². The van der Waals surface area contributed by atoms with Gasteiger partial charge in [-0.3, -0.25) is 4.79 Å². The molecule has 0 spiro atoms. The number of aryl methyl sites for hydroxylation is 1. The quantitative estimate of drug-likeness (QED) is 0.664. The molecular weight excluding hydrogens is 314 g/mol. The van der Waals surface area contributed by atoms with Gasteiger partial charge in [0.15, 0.2) is 5.78 Å². The van der Waals surface area contributed by atoms with Gasteiger partial charge in [0.2, 0.25) is 0 Å². The van der Waals surface area contributed by atoms with Gasteiger partial charge in [-0.2, -0.15) is 0 Å². The molecule has 0 bridgehead atoms. The molecule has 0 atom stereocenters. The molecule has 0 unspecified atom stereocenters. The van der Waals surface area contributed by atoms with Gasteiger partial charge in [-0.1, -0.05) is 27.5 Å². The van der Waals surface area contributed by atoms with E-state index in [1.54, 1.807) is 24.3 Å². The maximum Gasteiger partial charge on any atom is 0.193 e. The normalized spacial score (nSPS) is 10.4. The summed E-state index contributed by atoms with van der Waals surface area (Å²) in [6.07, 6.45) is 0. The number of carbonyl (C=O) groups excluding carboxylic acids is 1. The summed E-state index contributed by atoms with van der Waals surface area (Å²) in [4.78, 5) is 12.3. The molecular formula is C14H11BrClNO. The van der Waals surface area contributed by atoms with Crippen LogP contribution in [0.4, 0.5) is 5.69 Å². The molecule has 0 fully saturated rings. The van der Waals surface area contributed by atoms with Crippen LogP contribution in [0.25, 0.3) is 0 Å². The highest BCUT2D eigenvalue weighted by molar-refractivity contribution is 9.10. The molecule has 0 heterocycles. The SMILES string of the molecule is Cc1cc(Br)ccc1C(=O)c1ccc(N)c(Cl)c1. The first-order valence-corrected chi connectivity index (χ1v) is 6.52. The van der Waals surface area contributed by atoms with Crippen molar-refractivity contribution in [2.45, 2.75) is 6.92 Å². The van der Waals surface area contributed by atoms with Crippen LogP contribution in [0.3, 0.4) is 0 Å². The van der Waals surface area contributed by atoms with Gasteiger partial charge in [0.25, 0.3) is 0 Å². The molecule has 0 saturated heterocycles. The van der Waals surface area contributed by atoms with Crippen LogP contribution in [0.2, 0.25) is 5.02 Å². The Hall–Kier alpha value is -1.32. The maximum absolute atomic E-state index is 12.3. The topological polar surface area (TPSA) is 43.1 Å². The van der Waals surface area contributed by atoms with Crippen LogP contribution in [0.5, 0.6) is 0 Å². The molecule has 0 aliphatic carbocycles. The van der Waals surface area contributed by atoms with E-state index in [1.165, 1.54) is 0 Å². The lowest BCUT2D eigenvalue weighted by atomic mass is 9.99. The molecule has 4 heteroatoms. The maximum atomic E-state index is 12.3. The zero-order valence-electron chi connectivity index (χ0n) is 9.71. The van der Waals surface area contributed by atoms with Crippen molar-refractivity contribution in [1.29, 1.82) is 0 Å². The van der Waals surface area contributed by atoms with Crippen molar-refractivity contribution in [3.63, 3.8) is 0 Å². The molecule has 0 radical (unpaired) electrons. The van der Waals surface area contributed by atoms with Crippen LogP contribution >= 0.6 is 27.5 Å². The molecule has 92 valence electrons. The number of rotatable bonds is 2. The molecule has 2 nitrogen and oxygen atoms in total. The van der Waals surface area contributed by atoms with E-state index in [9.17, 15) is 4.79 Å². The van der Waals surface area contributed by atoms with Crippen molar-refractivity contribution in [2.75, 3.05) is 5.73 Å². The third-order valence-electron chi connectivity index (χ3n) is 2.70. The minimum Gasteiger partial charge on any atom is -0.398 e. The molecule has 0 amide bonds. The predicted molar refractivity (Wildman–Crippen MR) is 78.2 cm³/mol. The van der Waals surface area contributed by atoms with Gasteiger partial charge in [-0.15, -0.1) is 0 Å². The van der Waals surface area contributed by atoms with Crippen LogP contribution in [-0.2, 0) is 0 Å². The van der Waals surface area contributed by atoms with Crippen molar-refractivity contribution >= 4 is 39.0 Å². The molecule has 2 aromatic carbocycles. The van der Waals surface area contributed by atoms with E-state index in [-0.39, 0.29) is 5.78 Å². The number of nitrogens with two attached hydrogens (primary N) is 1. The average Bonchev–Trinajstić information content (AvgIpc) is 2.32. The Labute approximate surface area is 119 Å². The number of carbonyl (C=O) groups is 1. The predicted octanol–water partition coefficient (Wildman–Crippen LogP) is 4.22. The zero-order chi connectivity index (χ0) is 13.3. The van der Waals surface area contributed by atoms with E-state index in [4.69, 9.17) is 17.3 Å². The Kier molecular flexibility index (Phi) is 3.73. The van der Waals surface area contributed by atoms with Crippen LogP contribution in [-0.4, -0.2) is 5.78 Å². The molecule has 0 aliphatic heterocycles. The zero-order valence-corrected chi connectivity index (χ0v) is 12.0. The third-order valence-corrected chi connectivity index (χ3v) is 3.52. The van der Waals surface area contributed by atoms with Gasteiger partial charge in [-0.25, -0.2) is 0 Å². The lowest BCUT2D eigenvalue weighted by molar-refractivity contribution is 0.103. The summed E-state index contributed by atoms with van der Waals surface area (Å²) in [5.41, 5.74) is 8.23. The molecule has 0 aromatic heterocycles. The number of hydrogen-bond acceptors (Lipinski definition) is 2. The summed E-state index contributed by atoms with van der Waals surface area (Å²) < 4.78 is 0.951. The highest BCUT2D eigenvalue weighted by Crippen LogP contribution is 2.23. The Bertz CT molecular complexity index is 625. The standard InChI is InChI=1S/C14H11BrClNO/c1-8-6-10(15)3-4-11(8)14(18)9-2-5-13(17)12(16)7-9/h2-7H,17H2,1H3. The fraction of sp³-hybridized carbons (Fsp3) is 0.0714. The second-order valence-electron chi connectivity index (χ2n) is 4.02. The first kappa shape index (κ1) is 13.1. The number of anilines is 1. The van der Waals surface area contributed by atoms with Gasteiger partial charge in [-0.05, 0) is 48.9 Å². The first-order valence-electron chi connectivity index (χ1n) is 5.35. The van der Waals surface area contributed by atoms with Crippen molar-refractivity contribution in [2.24, 2.45) is 0 Å². The molecule has 0 saturated carbocycles. The number of nitrogen functional groups attached to an aromatic ring is 1. The van der Waals surface area contributed by atoms with Crippen molar-refractivity contribution in [1.82, 2.24) is 0 Å². The fourth-order valence-electron chi connectivity index (χ4n) is 1.71. The first-order chi connectivity index (χ1) is 8.49. The van der Waals surface area contributed by atoms with Crippen molar-refractivity contribution < 1.29 is 4.79 Å². The van der Waals surface area contributed by atoms with Gasteiger partial charge in [0.1, 0.15) is 0 Å². The minimum absolute atomic E-state index is 0.0538. The molecule has 0 aliphatic rings. The number of halogens is 2. The molecule has 18 heavy (non-hydrogen) atoms. The number of hydrogen-bond donors (Lipinski definition) is 1. The average molecular weight is 325 g/mol. The third kappa shape index (κ3) is 2.57. The minimum atomic E-state index is -0.0538. The second kappa shape index (κ2) is 5.12. The summed E-state index contributed by atoms with van der Waals surface area (Å²) in [6.45, 7) is 1.90. The van der Waals surface area contributed by atoms with Gasteiger partial charge >= 0.3 is 0 Å². The monoisotopic (exact) mass is 323 g/mol. The summed E-state index contributed by atoms with van der Waals surface area (Å²) in [7, 11) is 0. The van der Waals surface area contributed by atoms with Crippen molar-refractivity contribution in [3.8, 4) is 0 Å². The van der Waals surface area contributed by atoms with Crippen molar-refractivity contribution in [3.05, 3.63) is 62.6 Å². The lowest BCUT2D eigenvalue weighted by Gasteiger charge is -2.07. The molecule has 2 N–H and O–H groups in total. The number of ketones is 1. The van der Waals surface area contributed by atoms with Crippen LogP contribution < -0.4 is 5.73 Å². The van der Waals surface area contributed by atoms with Crippen LogP contribution in [0.1, 0.15) is 21.5 Å². The van der Waals surface area contributed by atoms with Crippen LogP contribution in [0.15, 0.2) is 40.9 Å². The Morgan fingerprint density at radius 2 is 1.94 bits per heavy atom. The number of benzene rings is 2. The highest BCUT2D eigenvalue weighted by Gasteiger charge is 2.12. The van der Waals surface area contributed by atoms with Gasteiger partial charge < -0.3 is 5.73 Å². The van der Waals surface area contributed by atoms with E-state index in [2.05, 4.69) is 15.9 Å². The smallest absolute Gasteiger partial charge is 0.193 e. The largest absolute Gasteiger partial charge is 0.398 e. The van der Waals surface area contributed by atoms with E-state index in [1.807, 2.05) is 19.1 Å². The second-order valence-corrected chi connectivity index (χ2v) is 5.35. The van der Waals surface area contributed by atoms with Crippen LogP contribution in [0, 0.1) is 6.92 Å². The van der Waals surface area contributed by atoms with Gasteiger partial charge in [0, 0.05) is 15.6 Å². The summed E-state index contributed by atoms with van der Waals surface area (Å²) in [5.74, 6) is -0.0538. The Morgan fingerprint density at radius 3 is 2.56 bits per heavy atom. The van der Waals surface area contributed by atoms with E-state index in [0.717, 1.165) is 10.0 Å².